The highest BCUT2D eigenvalue weighted by Crippen LogP contribution is 2.53. The molecule has 0 saturated carbocycles. The Hall–Kier alpha value is -3.48. The molecule has 0 amide bonds. The average Bonchev–Trinajstić information content (AvgIpc) is 3.76. The average molecular weight is 763 g/mol. The number of rotatable bonds is 3. The van der Waals surface area contributed by atoms with E-state index >= 15 is 0 Å². The number of hydrogen-bond acceptors (Lipinski definition) is 9. The van der Waals surface area contributed by atoms with Gasteiger partial charge in [-0.1, -0.05) is 47.8 Å². The van der Waals surface area contributed by atoms with Crippen LogP contribution in [0.4, 0.5) is 0 Å². The molecule has 0 fully saturated rings. The van der Waals surface area contributed by atoms with Crippen LogP contribution in [0.1, 0.15) is 87.1 Å². The van der Waals surface area contributed by atoms with Crippen LogP contribution >= 0.6 is 47.8 Å². The first-order valence-electron chi connectivity index (χ1n) is 13.1. The molecule has 12 heteroatoms. The number of ether oxygens (including phenoxy) is 3. The summed E-state index contributed by atoms with van der Waals surface area (Å²) in [4.78, 5) is 58.0. The van der Waals surface area contributed by atoms with Gasteiger partial charge < -0.3 is 14.2 Å². The van der Waals surface area contributed by atoms with Crippen LogP contribution in [-0.4, -0.2) is 54.9 Å². The van der Waals surface area contributed by atoms with Gasteiger partial charge in [0.2, 0.25) is 17.7 Å². The van der Waals surface area contributed by atoms with Gasteiger partial charge in [0.15, 0.2) is 32.2 Å². The van der Waals surface area contributed by atoms with Crippen molar-refractivity contribution in [1.82, 2.24) is 0 Å². The summed E-state index contributed by atoms with van der Waals surface area (Å²) in [5, 5.41) is 0. The molecule has 3 aliphatic heterocycles. The maximum atomic E-state index is 14.3. The van der Waals surface area contributed by atoms with E-state index in [-0.39, 0.29) is 37.2 Å². The number of aliphatic imine (C=N–C) groups is 3. The van der Waals surface area contributed by atoms with Crippen molar-refractivity contribution in [2.45, 2.75) is 5.92 Å². The Morgan fingerprint density at radius 1 is 0.488 bits per heavy atom. The fourth-order valence-corrected chi connectivity index (χ4v) is 7.44. The Labute approximate surface area is 268 Å². The first-order chi connectivity index (χ1) is 20.8. The maximum Gasteiger partial charge on any atom is 0.217 e. The van der Waals surface area contributed by atoms with E-state index in [1.807, 2.05) is 0 Å². The molecule has 0 saturated heterocycles. The van der Waals surface area contributed by atoms with Crippen LogP contribution in [0.15, 0.2) is 51.4 Å². The molecule has 0 atom stereocenters. The van der Waals surface area contributed by atoms with Crippen molar-refractivity contribution in [3.05, 3.63) is 118 Å². The van der Waals surface area contributed by atoms with Crippen LogP contribution in [0, 0.1) is 14.9 Å². The molecule has 3 aromatic rings. The Morgan fingerprint density at radius 3 is 0.953 bits per heavy atom. The highest BCUT2D eigenvalue weighted by molar-refractivity contribution is 9.11. The van der Waals surface area contributed by atoms with Gasteiger partial charge in [-0.15, -0.1) is 0 Å². The van der Waals surface area contributed by atoms with Crippen LogP contribution in [0.25, 0.3) is 0 Å². The summed E-state index contributed by atoms with van der Waals surface area (Å²) in [6, 6.07) is 10.4. The van der Waals surface area contributed by atoms with Crippen molar-refractivity contribution in [1.29, 1.82) is 0 Å². The Kier molecular flexibility index (Phi) is 5.45. The normalized spacial score (nSPS) is 20.4. The number of hydrogen-bond donors (Lipinski definition) is 0. The van der Waals surface area contributed by atoms with Gasteiger partial charge in [0.1, 0.15) is 19.8 Å². The van der Waals surface area contributed by atoms with E-state index in [1.54, 1.807) is 36.4 Å². The van der Waals surface area contributed by atoms with Crippen molar-refractivity contribution in [3.8, 4) is 0 Å². The molecule has 0 bridgehead atoms. The molecule has 0 N–H and O–H groups in total. The van der Waals surface area contributed by atoms with Gasteiger partial charge in [0, 0.05) is 56.0 Å². The topological polar surface area (TPSA) is 116 Å². The number of carbonyl (C=O) groups is 3. The highest BCUT2D eigenvalue weighted by Gasteiger charge is 2.48. The number of halogens is 3. The lowest BCUT2D eigenvalue weighted by Gasteiger charge is -2.39. The standard InChI is InChI=1S/C31H13Br3N3O6/c32-19-7-41-29(35-19)10-1-13-22-14(2-10)27(39)17-5-12(31-37-21(34)9-43-31)6-18-24(17)25(22)23-15(26(13)38)3-11(4-16(23)28(18)40)30-36-20(33)8-42-30/h1-6,25H,7-9H2. The Bertz CT molecular complexity index is 1710. The van der Waals surface area contributed by atoms with Crippen LogP contribution in [0.2, 0.25) is 0 Å². The first-order valence-corrected chi connectivity index (χ1v) is 15.5. The van der Waals surface area contributed by atoms with Gasteiger partial charge in [0.25, 0.3) is 0 Å². The molecule has 3 radical (unpaired) electrons. The lowest BCUT2D eigenvalue weighted by Crippen LogP contribution is -2.35. The monoisotopic (exact) mass is 760 g/mol. The molecule has 3 aliphatic carbocycles. The van der Waals surface area contributed by atoms with E-state index in [0.29, 0.717) is 99.3 Å². The zero-order valence-corrected chi connectivity index (χ0v) is 26.3. The quantitative estimate of drug-likeness (QED) is 0.221. The summed E-state index contributed by atoms with van der Waals surface area (Å²) in [7, 11) is 0. The smallest absolute Gasteiger partial charge is 0.217 e. The van der Waals surface area contributed by atoms with Gasteiger partial charge in [0.05, 0.1) is 0 Å². The van der Waals surface area contributed by atoms with Crippen molar-refractivity contribution in [2.24, 2.45) is 15.0 Å². The Morgan fingerprint density at radius 2 is 0.744 bits per heavy atom. The molecule has 3 aromatic carbocycles. The van der Waals surface area contributed by atoms with Crippen molar-refractivity contribution < 1.29 is 28.6 Å². The van der Waals surface area contributed by atoms with E-state index in [9.17, 15) is 14.4 Å². The first kappa shape index (κ1) is 26.0. The summed E-state index contributed by atoms with van der Waals surface area (Å²) >= 11 is 10.1. The minimum absolute atomic E-state index is 0.253. The second-order valence-electron chi connectivity index (χ2n) is 10.6. The van der Waals surface area contributed by atoms with Crippen molar-refractivity contribution in [3.63, 3.8) is 0 Å². The van der Waals surface area contributed by atoms with Gasteiger partial charge in [-0.3, -0.25) is 14.4 Å². The van der Waals surface area contributed by atoms with E-state index in [0.717, 1.165) is 0 Å². The maximum absolute atomic E-state index is 14.3. The molecule has 209 valence electrons. The molecule has 9 nitrogen and oxygen atoms in total. The largest absolute Gasteiger partial charge is 0.474 e. The minimum atomic E-state index is -0.510. The van der Waals surface area contributed by atoms with Crippen LogP contribution in [-0.2, 0) is 14.2 Å². The third-order valence-electron chi connectivity index (χ3n) is 8.27. The number of benzene rings is 3. The molecule has 3 heterocycles. The third-order valence-corrected chi connectivity index (χ3v) is 9.49. The zero-order chi connectivity index (χ0) is 29.3. The molecule has 0 unspecified atom stereocenters. The van der Waals surface area contributed by atoms with Crippen LogP contribution in [0.3, 0.4) is 0 Å². The van der Waals surface area contributed by atoms with E-state index in [2.05, 4.69) is 62.8 Å². The summed E-state index contributed by atoms with van der Waals surface area (Å²) in [5.74, 6) is -0.460. The minimum Gasteiger partial charge on any atom is -0.474 e. The zero-order valence-electron chi connectivity index (χ0n) is 21.6. The second-order valence-corrected chi connectivity index (χ2v) is 13.4. The highest BCUT2D eigenvalue weighted by atomic mass is 79.9. The fraction of sp³-hybridized carbons (Fsp3) is 0.129. The number of nitrogens with zero attached hydrogens (tertiary/aromatic N) is 3. The summed E-state index contributed by atoms with van der Waals surface area (Å²) in [6.45, 7) is 0.759. The van der Waals surface area contributed by atoms with Crippen molar-refractivity contribution >= 4 is 82.8 Å². The summed E-state index contributed by atoms with van der Waals surface area (Å²) in [6.07, 6.45) is 0. The summed E-state index contributed by atoms with van der Waals surface area (Å²) < 4.78 is 17.3. The predicted octanol–water partition coefficient (Wildman–Crippen LogP) is 5.48. The Balaban J connectivity index is 1.36. The van der Waals surface area contributed by atoms with E-state index < -0.39 is 5.92 Å². The molecular weight excluding hydrogens is 750 g/mol. The van der Waals surface area contributed by atoms with Gasteiger partial charge >= 0.3 is 0 Å². The number of ketones is 3. The van der Waals surface area contributed by atoms with Gasteiger partial charge in [-0.05, 0) is 53.1 Å². The van der Waals surface area contributed by atoms with E-state index in [1.165, 1.54) is 0 Å². The van der Waals surface area contributed by atoms with Crippen molar-refractivity contribution in [2.75, 3.05) is 19.8 Å². The van der Waals surface area contributed by atoms with Crippen LogP contribution < -0.4 is 0 Å². The molecule has 6 aliphatic rings. The van der Waals surface area contributed by atoms with Crippen LogP contribution in [0.5, 0.6) is 0 Å². The van der Waals surface area contributed by atoms with Gasteiger partial charge in [-0.25, -0.2) is 15.0 Å². The fourth-order valence-electron chi connectivity index (χ4n) is 6.61. The third kappa shape index (κ3) is 3.60. The lowest BCUT2D eigenvalue weighted by molar-refractivity contribution is 0.102. The predicted molar refractivity (Wildman–Crippen MR) is 165 cm³/mol. The van der Waals surface area contributed by atoms with E-state index in [4.69, 9.17) is 14.2 Å². The number of carbonyl (C=O) groups excluding carboxylic acids is 3. The molecule has 0 aromatic heterocycles. The lowest BCUT2D eigenvalue weighted by atomic mass is 9.61. The van der Waals surface area contributed by atoms with Gasteiger partial charge in [-0.2, -0.15) is 0 Å². The summed E-state index contributed by atoms with van der Waals surface area (Å²) in [5.41, 5.74) is 5.53. The molecule has 9 rings (SSSR count). The molecular formula is C31H13Br3N3O6. The molecule has 43 heavy (non-hydrogen) atoms. The molecule has 0 spiro atoms. The second kappa shape index (κ2) is 9.02. The SMILES string of the molecule is O=C1c2cc(C3=N[C](Br)CO3)cc3c2C2c4c1cc(C1=N[C](Br)CO1)cc4C(=O)c1cc(C4=N[C](Br)CO4)cc(c12)C3=O.